The summed E-state index contributed by atoms with van der Waals surface area (Å²) in [5.41, 5.74) is 0.704. The minimum atomic E-state index is -0.964. The maximum absolute atomic E-state index is 12.9. The van der Waals surface area contributed by atoms with Gasteiger partial charge in [-0.2, -0.15) is 0 Å². The Labute approximate surface area is 152 Å². The molecular formula is C21H24O5. The lowest BCUT2D eigenvalue weighted by atomic mass is 9.86. The number of ketones is 1. The maximum atomic E-state index is 12.9. The molecule has 1 aliphatic heterocycles. The quantitative estimate of drug-likeness (QED) is 0.725. The molecule has 0 fully saturated rings. The van der Waals surface area contributed by atoms with Gasteiger partial charge in [-0.3, -0.25) is 4.79 Å². The number of hydrogen-bond donors (Lipinski definition) is 3. The average molecular weight is 356 g/mol. The highest BCUT2D eigenvalue weighted by molar-refractivity contribution is 6.03. The molecule has 5 nitrogen and oxygen atoms in total. The summed E-state index contributed by atoms with van der Waals surface area (Å²) in [6, 6.07) is 9.61. The summed E-state index contributed by atoms with van der Waals surface area (Å²) in [5.74, 6) is -0.702. The molecule has 2 aromatic carbocycles. The average Bonchev–Trinajstić information content (AvgIpc) is 2.57. The van der Waals surface area contributed by atoms with Gasteiger partial charge in [0.05, 0.1) is 11.7 Å². The highest BCUT2D eigenvalue weighted by Crippen LogP contribution is 2.51. The molecule has 0 amide bonds. The van der Waals surface area contributed by atoms with Crippen LogP contribution >= 0.6 is 0 Å². The molecule has 2 aromatic rings. The fourth-order valence-electron chi connectivity index (χ4n) is 3.44. The van der Waals surface area contributed by atoms with Crippen LogP contribution in [0.5, 0.6) is 17.2 Å². The van der Waals surface area contributed by atoms with E-state index in [0.717, 1.165) is 5.56 Å². The van der Waals surface area contributed by atoms with E-state index < -0.39 is 11.7 Å². The van der Waals surface area contributed by atoms with Crippen molar-refractivity contribution >= 4 is 5.78 Å². The van der Waals surface area contributed by atoms with E-state index >= 15 is 0 Å². The number of rotatable bonds is 4. The van der Waals surface area contributed by atoms with Crippen molar-refractivity contribution in [1.82, 2.24) is 0 Å². The van der Waals surface area contributed by atoms with Crippen molar-refractivity contribution in [2.75, 3.05) is 0 Å². The number of carbonyl (C=O) groups is 1. The topological polar surface area (TPSA) is 87.0 Å². The van der Waals surface area contributed by atoms with E-state index in [1.165, 1.54) is 6.92 Å². The molecule has 5 heteroatoms. The zero-order valence-corrected chi connectivity index (χ0v) is 15.2. The van der Waals surface area contributed by atoms with Crippen molar-refractivity contribution in [1.29, 1.82) is 0 Å². The number of phenolic OH excluding ortho intramolecular Hbond substituents is 2. The zero-order chi connectivity index (χ0) is 19.1. The van der Waals surface area contributed by atoms with Crippen molar-refractivity contribution in [2.45, 2.75) is 51.7 Å². The van der Waals surface area contributed by atoms with Gasteiger partial charge < -0.3 is 20.1 Å². The van der Waals surface area contributed by atoms with Gasteiger partial charge in [0.2, 0.25) is 0 Å². The third-order valence-corrected chi connectivity index (χ3v) is 4.83. The number of fused-ring (bicyclic) bond motifs is 1. The van der Waals surface area contributed by atoms with E-state index in [1.807, 2.05) is 30.3 Å². The lowest BCUT2D eigenvalue weighted by molar-refractivity contribution is 0.00908. The highest BCUT2D eigenvalue weighted by atomic mass is 16.5. The van der Waals surface area contributed by atoms with Crippen LogP contribution in [0.3, 0.4) is 0 Å². The van der Waals surface area contributed by atoms with Crippen LogP contribution in [0.2, 0.25) is 0 Å². The minimum Gasteiger partial charge on any atom is -0.507 e. The van der Waals surface area contributed by atoms with Crippen LogP contribution < -0.4 is 4.74 Å². The number of aliphatic hydroxyl groups is 1. The van der Waals surface area contributed by atoms with Gasteiger partial charge in [-0.15, -0.1) is 0 Å². The van der Waals surface area contributed by atoms with Gasteiger partial charge in [0.25, 0.3) is 0 Å². The Morgan fingerprint density at radius 2 is 1.85 bits per heavy atom. The Balaban J connectivity index is 2.02. The smallest absolute Gasteiger partial charge is 0.170 e. The number of aromatic hydroxyl groups is 2. The monoisotopic (exact) mass is 356 g/mol. The molecule has 0 aromatic heterocycles. The molecule has 0 saturated heterocycles. The van der Waals surface area contributed by atoms with Crippen LogP contribution in [0.1, 0.15) is 59.8 Å². The van der Waals surface area contributed by atoms with Gasteiger partial charge in [0.1, 0.15) is 28.4 Å². The predicted molar refractivity (Wildman–Crippen MR) is 97.9 cm³/mol. The number of benzene rings is 2. The molecule has 0 spiro atoms. The molecule has 0 radical (unpaired) electrons. The second kappa shape index (κ2) is 6.65. The van der Waals surface area contributed by atoms with Gasteiger partial charge in [0, 0.05) is 18.4 Å². The van der Waals surface area contributed by atoms with Crippen molar-refractivity contribution in [2.24, 2.45) is 0 Å². The standard InChI is InChI=1S/C21H24O5/c1-12-18(24)16(14(22)10-9-13-7-5-4-6-8-13)20-17(19(12)25)15(23)11-21(2,3)26-20/h4-8,15,23-25H,9-11H2,1-3H3/t15-/m1/s1. The first-order valence-corrected chi connectivity index (χ1v) is 8.74. The first kappa shape index (κ1) is 18.3. The normalized spacial score (nSPS) is 18.1. The van der Waals surface area contributed by atoms with E-state index in [1.54, 1.807) is 13.8 Å². The van der Waals surface area contributed by atoms with Crippen molar-refractivity contribution in [3.8, 4) is 17.2 Å². The summed E-state index contributed by atoms with van der Waals surface area (Å²) >= 11 is 0. The van der Waals surface area contributed by atoms with Crippen LogP contribution in [0.25, 0.3) is 0 Å². The number of aliphatic hydroxyl groups excluding tert-OH is 1. The van der Waals surface area contributed by atoms with Crippen LogP contribution in [0, 0.1) is 6.92 Å². The molecule has 0 aliphatic carbocycles. The van der Waals surface area contributed by atoms with E-state index in [0.29, 0.717) is 6.42 Å². The van der Waals surface area contributed by atoms with Gasteiger partial charge in [-0.25, -0.2) is 0 Å². The van der Waals surface area contributed by atoms with Crippen molar-refractivity contribution < 1.29 is 24.9 Å². The largest absolute Gasteiger partial charge is 0.507 e. The molecule has 26 heavy (non-hydrogen) atoms. The number of hydrogen-bond acceptors (Lipinski definition) is 5. The first-order chi connectivity index (χ1) is 12.2. The van der Waals surface area contributed by atoms with Crippen LogP contribution in [0.15, 0.2) is 30.3 Å². The lowest BCUT2D eigenvalue weighted by Gasteiger charge is -2.37. The number of carbonyl (C=O) groups excluding carboxylic acids is 1. The first-order valence-electron chi connectivity index (χ1n) is 8.74. The molecule has 1 atom stereocenters. The van der Waals surface area contributed by atoms with Gasteiger partial charge in [-0.1, -0.05) is 30.3 Å². The molecular weight excluding hydrogens is 332 g/mol. The summed E-state index contributed by atoms with van der Waals surface area (Å²) < 4.78 is 5.91. The molecule has 1 aliphatic rings. The number of aryl methyl sites for hydroxylation is 1. The van der Waals surface area contributed by atoms with Gasteiger partial charge in [-0.05, 0) is 32.8 Å². The van der Waals surface area contributed by atoms with E-state index in [-0.39, 0.29) is 52.6 Å². The number of Topliss-reactive ketones (excluding diaryl/α,β-unsaturated/α-hetero) is 1. The Morgan fingerprint density at radius 3 is 2.50 bits per heavy atom. The summed E-state index contributed by atoms with van der Waals surface area (Å²) in [7, 11) is 0. The number of ether oxygens (including phenoxy) is 1. The molecule has 3 N–H and O–H groups in total. The zero-order valence-electron chi connectivity index (χ0n) is 15.2. The maximum Gasteiger partial charge on any atom is 0.170 e. The van der Waals surface area contributed by atoms with E-state index in [4.69, 9.17) is 4.74 Å². The second-order valence-electron chi connectivity index (χ2n) is 7.43. The summed E-state index contributed by atoms with van der Waals surface area (Å²) in [6.07, 6.45) is 0.0391. The summed E-state index contributed by atoms with van der Waals surface area (Å²) in [5, 5.41) is 31.4. The second-order valence-corrected chi connectivity index (χ2v) is 7.43. The van der Waals surface area contributed by atoms with Crippen LogP contribution in [-0.4, -0.2) is 26.7 Å². The van der Waals surface area contributed by atoms with Gasteiger partial charge >= 0.3 is 0 Å². The molecule has 138 valence electrons. The molecule has 0 unspecified atom stereocenters. The van der Waals surface area contributed by atoms with Gasteiger partial charge in [0.15, 0.2) is 5.78 Å². The molecule has 0 bridgehead atoms. The lowest BCUT2D eigenvalue weighted by Crippen LogP contribution is -2.36. The third kappa shape index (κ3) is 3.27. The molecule has 3 rings (SSSR count). The Bertz CT molecular complexity index is 839. The fraction of sp³-hybridized carbons (Fsp3) is 0.381. The van der Waals surface area contributed by atoms with E-state index in [9.17, 15) is 20.1 Å². The van der Waals surface area contributed by atoms with E-state index in [2.05, 4.69) is 0 Å². The highest BCUT2D eigenvalue weighted by Gasteiger charge is 2.39. The number of phenols is 2. The SMILES string of the molecule is Cc1c(O)c(C(=O)CCc2ccccc2)c2c(c1O)[C@H](O)CC(C)(C)O2. The van der Waals surface area contributed by atoms with Crippen molar-refractivity contribution in [3.63, 3.8) is 0 Å². The summed E-state index contributed by atoms with van der Waals surface area (Å²) in [4.78, 5) is 12.9. The Hall–Kier alpha value is -2.53. The third-order valence-electron chi connectivity index (χ3n) is 4.83. The van der Waals surface area contributed by atoms with Crippen LogP contribution in [-0.2, 0) is 6.42 Å². The van der Waals surface area contributed by atoms with Crippen LogP contribution in [0.4, 0.5) is 0 Å². The summed E-state index contributed by atoms with van der Waals surface area (Å²) in [6.45, 7) is 5.11. The van der Waals surface area contributed by atoms with Crippen molar-refractivity contribution in [3.05, 3.63) is 52.6 Å². The molecule has 1 heterocycles. The predicted octanol–water partition coefficient (Wildman–Crippen LogP) is 3.82. The Morgan fingerprint density at radius 1 is 1.19 bits per heavy atom. The fourth-order valence-corrected chi connectivity index (χ4v) is 3.44. The minimum absolute atomic E-state index is 0.0399. The Kier molecular flexibility index (Phi) is 4.67. The molecule has 0 saturated carbocycles.